The van der Waals surface area contributed by atoms with Crippen LogP contribution in [0.5, 0.6) is 0 Å². The molecule has 2 aromatic rings. The van der Waals surface area contributed by atoms with Gasteiger partial charge in [-0.05, 0) is 75.6 Å². The van der Waals surface area contributed by atoms with Crippen LogP contribution in [0.4, 0.5) is 5.69 Å². The molecule has 1 N–H and O–H groups in total. The highest BCUT2D eigenvalue weighted by Gasteiger charge is 2.31. The minimum atomic E-state index is -3.66. The predicted octanol–water partition coefficient (Wildman–Crippen LogP) is 4.60. The molecule has 34 heavy (non-hydrogen) atoms. The zero-order valence-electron chi connectivity index (χ0n) is 20.2. The molecule has 2 aliphatic heterocycles. The first-order valence-electron chi connectivity index (χ1n) is 12.7. The number of aryl methyl sites for hydroxylation is 1. The summed E-state index contributed by atoms with van der Waals surface area (Å²) in [4.78, 5) is 15.5. The zero-order valence-corrected chi connectivity index (χ0v) is 21.0. The van der Waals surface area contributed by atoms with Crippen molar-refractivity contribution in [3.05, 3.63) is 59.7 Å². The number of rotatable bonds is 8. The molecule has 184 valence electrons. The fourth-order valence-corrected chi connectivity index (χ4v) is 6.66. The number of piperidine rings is 2. The first-order chi connectivity index (χ1) is 16.4. The molecule has 2 aromatic carbocycles. The summed E-state index contributed by atoms with van der Waals surface area (Å²) in [7, 11) is -3.66. The Kier molecular flexibility index (Phi) is 8.27. The van der Waals surface area contributed by atoms with Crippen molar-refractivity contribution in [1.29, 1.82) is 0 Å². The van der Waals surface area contributed by atoms with Crippen LogP contribution in [0, 0.1) is 0 Å². The van der Waals surface area contributed by atoms with Gasteiger partial charge in [-0.3, -0.25) is 4.79 Å². The molecule has 0 aliphatic carbocycles. The van der Waals surface area contributed by atoms with Crippen LogP contribution in [0.3, 0.4) is 0 Å². The molecule has 0 saturated carbocycles. The van der Waals surface area contributed by atoms with Gasteiger partial charge in [-0.2, -0.15) is 4.31 Å². The molecule has 0 aromatic heterocycles. The largest absolute Gasteiger partial charge is 0.370 e. The van der Waals surface area contributed by atoms with Crippen LogP contribution in [0.25, 0.3) is 0 Å². The second kappa shape index (κ2) is 11.4. The number of carbonyl (C=O) groups excluding carboxylic acids is 1. The third kappa shape index (κ3) is 5.99. The molecule has 0 radical (unpaired) electrons. The second-order valence-corrected chi connectivity index (χ2v) is 11.5. The summed E-state index contributed by atoms with van der Waals surface area (Å²) in [6.07, 6.45) is 7.83. The van der Waals surface area contributed by atoms with E-state index in [-0.39, 0.29) is 16.8 Å². The van der Waals surface area contributed by atoms with Crippen LogP contribution in [0.15, 0.2) is 53.4 Å². The Balaban J connectivity index is 1.54. The maximum Gasteiger partial charge on any atom is 0.251 e. The van der Waals surface area contributed by atoms with E-state index in [4.69, 9.17) is 0 Å². The number of carbonyl (C=O) groups is 1. The molecule has 0 bridgehead atoms. The number of nitrogens with zero attached hydrogens (tertiary/aromatic N) is 2. The Morgan fingerprint density at radius 1 is 0.912 bits per heavy atom. The Hall–Kier alpha value is -2.38. The molecule has 0 spiro atoms. The molecule has 7 heteroatoms. The average molecular weight is 484 g/mol. The number of amides is 1. The summed E-state index contributed by atoms with van der Waals surface area (Å²) < 4.78 is 28.9. The Labute approximate surface area is 204 Å². The summed E-state index contributed by atoms with van der Waals surface area (Å²) >= 11 is 0. The van der Waals surface area contributed by atoms with E-state index >= 15 is 0 Å². The van der Waals surface area contributed by atoms with Gasteiger partial charge in [-0.1, -0.05) is 36.8 Å². The maximum atomic E-state index is 13.7. The van der Waals surface area contributed by atoms with Crippen molar-refractivity contribution in [2.45, 2.75) is 69.2 Å². The van der Waals surface area contributed by atoms with Gasteiger partial charge in [0.1, 0.15) is 4.90 Å². The van der Waals surface area contributed by atoms with Crippen LogP contribution < -0.4 is 10.2 Å². The summed E-state index contributed by atoms with van der Waals surface area (Å²) in [6, 6.07) is 15.4. The number of hydrogen-bond acceptors (Lipinski definition) is 4. The second-order valence-electron chi connectivity index (χ2n) is 9.59. The van der Waals surface area contributed by atoms with E-state index in [1.54, 1.807) is 16.4 Å². The fraction of sp³-hybridized carbons (Fsp3) is 0.519. The SMILES string of the molecule is CC(CCc1ccccc1)NC(=O)c1ccc(N2CCCCC2)c(S(=O)(=O)N2CCCCC2)c1. The normalized spacial score (nSPS) is 18.4. The lowest BCUT2D eigenvalue weighted by Crippen LogP contribution is -2.38. The van der Waals surface area contributed by atoms with Crippen molar-refractivity contribution in [2.75, 3.05) is 31.1 Å². The third-order valence-corrected chi connectivity index (χ3v) is 8.87. The third-order valence-electron chi connectivity index (χ3n) is 6.94. The summed E-state index contributed by atoms with van der Waals surface area (Å²) in [5, 5.41) is 3.06. The van der Waals surface area contributed by atoms with Crippen LogP contribution in [-0.4, -0.2) is 50.9 Å². The van der Waals surface area contributed by atoms with E-state index in [2.05, 4.69) is 22.3 Å². The molecule has 4 rings (SSSR count). The quantitative estimate of drug-likeness (QED) is 0.596. The van der Waals surface area contributed by atoms with Gasteiger partial charge in [0.25, 0.3) is 5.91 Å². The zero-order chi connectivity index (χ0) is 24.0. The van der Waals surface area contributed by atoms with Gasteiger partial charge in [0.2, 0.25) is 10.0 Å². The molecule has 1 atom stereocenters. The van der Waals surface area contributed by atoms with Crippen molar-refractivity contribution in [3.63, 3.8) is 0 Å². The molecule has 2 saturated heterocycles. The van der Waals surface area contributed by atoms with Crippen molar-refractivity contribution in [2.24, 2.45) is 0 Å². The monoisotopic (exact) mass is 483 g/mol. The van der Waals surface area contributed by atoms with Crippen molar-refractivity contribution < 1.29 is 13.2 Å². The smallest absolute Gasteiger partial charge is 0.251 e. The van der Waals surface area contributed by atoms with E-state index in [0.29, 0.717) is 18.7 Å². The number of nitrogens with one attached hydrogen (secondary N) is 1. The van der Waals surface area contributed by atoms with Crippen LogP contribution in [-0.2, 0) is 16.4 Å². The van der Waals surface area contributed by atoms with Gasteiger partial charge >= 0.3 is 0 Å². The molecular formula is C27H37N3O3S. The Morgan fingerprint density at radius 3 is 2.24 bits per heavy atom. The predicted molar refractivity (Wildman–Crippen MR) is 137 cm³/mol. The van der Waals surface area contributed by atoms with Gasteiger partial charge in [-0.15, -0.1) is 0 Å². The van der Waals surface area contributed by atoms with Crippen LogP contribution >= 0.6 is 0 Å². The van der Waals surface area contributed by atoms with Crippen molar-refractivity contribution in [1.82, 2.24) is 9.62 Å². The lowest BCUT2D eigenvalue weighted by Gasteiger charge is -2.33. The molecule has 1 unspecified atom stereocenters. The lowest BCUT2D eigenvalue weighted by molar-refractivity contribution is 0.0938. The van der Waals surface area contributed by atoms with Gasteiger partial charge in [-0.25, -0.2) is 8.42 Å². The Morgan fingerprint density at radius 2 is 1.56 bits per heavy atom. The van der Waals surface area contributed by atoms with Crippen LogP contribution in [0.1, 0.15) is 67.8 Å². The van der Waals surface area contributed by atoms with Crippen molar-refractivity contribution >= 4 is 21.6 Å². The van der Waals surface area contributed by atoms with Crippen LogP contribution in [0.2, 0.25) is 0 Å². The van der Waals surface area contributed by atoms with Crippen molar-refractivity contribution in [3.8, 4) is 0 Å². The summed E-state index contributed by atoms with van der Waals surface area (Å²) in [5.74, 6) is -0.221. The standard InChI is InChI=1S/C27H37N3O3S/c1-22(13-14-23-11-5-2-6-12-23)28-27(31)24-15-16-25(29-17-7-3-8-18-29)26(21-24)34(32,33)30-19-9-4-10-20-30/h2,5-6,11-12,15-16,21-22H,3-4,7-10,13-14,17-20H2,1H3,(H,28,31). The Bertz CT molecular complexity index is 1060. The molecule has 2 heterocycles. The topological polar surface area (TPSA) is 69.7 Å². The van der Waals surface area contributed by atoms with E-state index < -0.39 is 10.0 Å². The lowest BCUT2D eigenvalue weighted by atomic mass is 10.1. The minimum absolute atomic E-state index is 0.0170. The van der Waals surface area contributed by atoms with E-state index in [1.807, 2.05) is 31.2 Å². The van der Waals surface area contributed by atoms with E-state index in [0.717, 1.165) is 63.7 Å². The first kappa shape index (κ1) is 24.7. The summed E-state index contributed by atoms with van der Waals surface area (Å²) in [6.45, 7) is 4.80. The number of sulfonamides is 1. The molecule has 2 fully saturated rings. The number of anilines is 1. The van der Waals surface area contributed by atoms with E-state index in [1.165, 1.54) is 12.0 Å². The highest BCUT2D eigenvalue weighted by Crippen LogP contribution is 2.32. The maximum absolute atomic E-state index is 13.7. The van der Waals surface area contributed by atoms with Gasteiger partial charge in [0.15, 0.2) is 0 Å². The molecule has 2 aliphatic rings. The highest BCUT2D eigenvalue weighted by atomic mass is 32.2. The number of benzene rings is 2. The van der Waals surface area contributed by atoms with Gasteiger partial charge < -0.3 is 10.2 Å². The van der Waals surface area contributed by atoms with E-state index in [9.17, 15) is 13.2 Å². The van der Waals surface area contributed by atoms with Gasteiger partial charge in [0, 0.05) is 37.8 Å². The average Bonchev–Trinajstić information content (AvgIpc) is 2.88. The summed E-state index contributed by atoms with van der Waals surface area (Å²) in [5.41, 5.74) is 2.38. The fourth-order valence-electron chi connectivity index (χ4n) is 4.91. The molecule has 6 nitrogen and oxygen atoms in total. The minimum Gasteiger partial charge on any atom is -0.370 e. The molecule has 1 amide bonds. The number of hydrogen-bond donors (Lipinski definition) is 1. The first-order valence-corrected chi connectivity index (χ1v) is 14.1. The van der Waals surface area contributed by atoms with Gasteiger partial charge in [0.05, 0.1) is 5.69 Å². The highest BCUT2D eigenvalue weighted by molar-refractivity contribution is 7.89. The molecular weight excluding hydrogens is 446 g/mol.